The molecule has 2 nitrogen and oxygen atoms in total. The van der Waals surface area contributed by atoms with Crippen LogP contribution in [-0.4, -0.2) is 6.10 Å². The van der Waals surface area contributed by atoms with Crippen LogP contribution in [0.2, 0.25) is 0 Å². The summed E-state index contributed by atoms with van der Waals surface area (Å²) in [5.74, 6) is 1.55. The maximum absolute atomic E-state index is 13.1. The highest BCUT2D eigenvalue weighted by Crippen LogP contribution is 2.37. The summed E-state index contributed by atoms with van der Waals surface area (Å²) in [6, 6.07) is 2.69. The van der Waals surface area contributed by atoms with E-state index in [1.165, 1.54) is 18.6 Å². The Balaban J connectivity index is 2.14. The first-order chi connectivity index (χ1) is 8.45. The van der Waals surface area contributed by atoms with Gasteiger partial charge in [0.25, 0.3) is 0 Å². The highest BCUT2D eigenvalue weighted by molar-refractivity contribution is 9.10. The number of anilines is 1. The molecule has 0 spiro atoms. The van der Waals surface area contributed by atoms with Gasteiger partial charge in [0.05, 0.1) is 16.3 Å². The van der Waals surface area contributed by atoms with Crippen molar-refractivity contribution in [1.82, 2.24) is 0 Å². The van der Waals surface area contributed by atoms with Gasteiger partial charge in [0, 0.05) is 6.07 Å². The number of hydrogen-bond acceptors (Lipinski definition) is 2. The van der Waals surface area contributed by atoms with Gasteiger partial charge in [-0.3, -0.25) is 0 Å². The smallest absolute Gasteiger partial charge is 0.156 e. The number of halogens is 2. The summed E-state index contributed by atoms with van der Waals surface area (Å²) in [6.07, 6.45) is 3.49. The predicted molar refractivity (Wildman–Crippen MR) is 75.1 cm³/mol. The second kappa shape index (κ2) is 5.47. The third-order valence-corrected chi connectivity index (χ3v) is 4.05. The van der Waals surface area contributed by atoms with Gasteiger partial charge in [-0.2, -0.15) is 0 Å². The van der Waals surface area contributed by atoms with E-state index in [4.69, 9.17) is 10.5 Å². The van der Waals surface area contributed by atoms with Gasteiger partial charge in [0.2, 0.25) is 0 Å². The van der Waals surface area contributed by atoms with E-state index in [9.17, 15) is 4.39 Å². The Bertz CT molecular complexity index is 405. The zero-order chi connectivity index (χ0) is 13.3. The lowest BCUT2D eigenvalue weighted by Gasteiger charge is -2.32. The highest BCUT2D eigenvalue weighted by atomic mass is 79.9. The Labute approximate surface area is 116 Å². The molecule has 1 saturated carbocycles. The van der Waals surface area contributed by atoms with Crippen molar-refractivity contribution in [3.8, 4) is 5.75 Å². The zero-order valence-corrected chi connectivity index (χ0v) is 12.3. The van der Waals surface area contributed by atoms with Crippen LogP contribution in [0.4, 0.5) is 10.1 Å². The molecule has 1 aromatic carbocycles. The molecule has 0 heterocycles. The maximum atomic E-state index is 13.1. The Hall–Kier alpha value is -0.770. The number of nitrogen functional groups attached to an aromatic ring is 1. The van der Waals surface area contributed by atoms with Gasteiger partial charge >= 0.3 is 0 Å². The van der Waals surface area contributed by atoms with Crippen LogP contribution in [0.15, 0.2) is 16.6 Å². The highest BCUT2D eigenvalue weighted by Gasteiger charge is 2.26. The molecule has 1 fully saturated rings. The van der Waals surface area contributed by atoms with Crippen molar-refractivity contribution in [2.45, 2.75) is 39.2 Å². The average Bonchev–Trinajstić information content (AvgIpc) is 2.22. The molecule has 2 unspecified atom stereocenters. The topological polar surface area (TPSA) is 35.2 Å². The minimum atomic E-state index is -0.350. The second-order valence-electron chi connectivity index (χ2n) is 5.46. The van der Waals surface area contributed by atoms with Crippen molar-refractivity contribution in [2.24, 2.45) is 11.8 Å². The third-order valence-electron chi connectivity index (χ3n) is 3.46. The second-order valence-corrected chi connectivity index (χ2v) is 6.32. The Morgan fingerprint density at radius 1 is 1.22 bits per heavy atom. The van der Waals surface area contributed by atoms with E-state index in [2.05, 4.69) is 29.8 Å². The number of hydrogen-bond donors (Lipinski definition) is 1. The lowest BCUT2D eigenvalue weighted by Crippen LogP contribution is -2.28. The molecule has 0 aromatic heterocycles. The van der Waals surface area contributed by atoms with Gasteiger partial charge in [0.15, 0.2) is 5.75 Å². The first kappa shape index (κ1) is 13.7. The lowest BCUT2D eigenvalue weighted by molar-refractivity contribution is 0.101. The molecule has 1 aromatic rings. The first-order valence-electron chi connectivity index (χ1n) is 6.37. The minimum Gasteiger partial charge on any atom is -0.487 e. The van der Waals surface area contributed by atoms with Crippen molar-refractivity contribution < 1.29 is 9.13 Å². The monoisotopic (exact) mass is 315 g/mol. The number of benzene rings is 1. The molecule has 1 aliphatic rings. The number of nitrogens with two attached hydrogens (primary N) is 1. The van der Waals surface area contributed by atoms with Crippen molar-refractivity contribution >= 4 is 21.6 Å². The van der Waals surface area contributed by atoms with Crippen LogP contribution in [0.25, 0.3) is 0 Å². The van der Waals surface area contributed by atoms with E-state index >= 15 is 0 Å². The molecule has 18 heavy (non-hydrogen) atoms. The summed E-state index contributed by atoms with van der Waals surface area (Å²) in [5.41, 5.74) is 6.17. The van der Waals surface area contributed by atoms with Crippen molar-refractivity contribution in [1.29, 1.82) is 0 Å². The van der Waals surface area contributed by atoms with Crippen molar-refractivity contribution in [2.75, 3.05) is 5.73 Å². The summed E-state index contributed by atoms with van der Waals surface area (Å²) in [4.78, 5) is 0. The standard InChI is InChI=1S/C14H19BrFNO/c1-8-3-9(2)5-11(4-8)18-14-12(15)6-10(16)7-13(14)17/h6-9,11H,3-5,17H2,1-2H3. The SMILES string of the molecule is CC1CC(C)CC(Oc2c(N)cc(F)cc2Br)C1. The molecule has 0 amide bonds. The van der Waals surface area contributed by atoms with Gasteiger partial charge in [0.1, 0.15) is 5.82 Å². The van der Waals surface area contributed by atoms with Crippen LogP contribution in [0, 0.1) is 17.7 Å². The Kier molecular flexibility index (Phi) is 4.15. The lowest BCUT2D eigenvalue weighted by atomic mass is 9.82. The van der Waals surface area contributed by atoms with Gasteiger partial charge < -0.3 is 10.5 Å². The summed E-state index contributed by atoms with van der Waals surface area (Å²) >= 11 is 3.31. The normalized spacial score (nSPS) is 28.1. The fourth-order valence-electron chi connectivity index (χ4n) is 2.84. The molecule has 2 N–H and O–H groups in total. The quantitative estimate of drug-likeness (QED) is 0.822. The van der Waals surface area contributed by atoms with Gasteiger partial charge in [-0.1, -0.05) is 13.8 Å². The molecule has 2 atom stereocenters. The van der Waals surface area contributed by atoms with Crippen LogP contribution in [0.5, 0.6) is 5.75 Å². The van der Waals surface area contributed by atoms with Gasteiger partial charge in [-0.15, -0.1) is 0 Å². The molecule has 0 aliphatic heterocycles. The molecule has 100 valence electrons. The van der Waals surface area contributed by atoms with E-state index in [1.807, 2.05) is 0 Å². The fraction of sp³-hybridized carbons (Fsp3) is 0.571. The van der Waals surface area contributed by atoms with E-state index in [-0.39, 0.29) is 11.9 Å². The van der Waals surface area contributed by atoms with Gasteiger partial charge in [-0.25, -0.2) is 4.39 Å². The fourth-order valence-corrected chi connectivity index (χ4v) is 3.38. The van der Waals surface area contributed by atoms with Gasteiger partial charge in [-0.05, 0) is 53.1 Å². The van der Waals surface area contributed by atoms with E-state index in [0.717, 1.165) is 12.8 Å². The van der Waals surface area contributed by atoms with E-state index in [1.54, 1.807) is 0 Å². The van der Waals surface area contributed by atoms with Crippen LogP contribution in [0.3, 0.4) is 0 Å². The summed E-state index contributed by atoms with van der Waals surface area (Å²) in [6.45, 7) is 4.49. The molecular formula is C14H19BrFNO. The van der Waals surface area contributed by atoms with E-state index in [0.29, 0.717) is 27.7 Å². The summed E-state index contributed by atoms with van der Waals surface area (Å²) in [5, 5.41) is 0. The summed E-state index contributed by atoms with van der Waals surface area (Å²) in [7, 11) is 0. The van der Waals surface area contributed by atoms with Crippen molar-refractivity contribution in [3.05, 3.63) is 22.4 Å². The third kappa shape index (κ3) is 3.16. The summed E-state index contributed by atoms with van der Waals surface area (Å²) < 4.78 is 19.7. The number of rotatable bonds is 2. The average molecular weight is 316 g/mol. The Morgan fingerprint density at radius 3 is 2.39 bits per heavy atom. The zero-order valence-electron chi connectivity index (χ0n) is 10.7. The molecule has 0 radical (unpaired) electrons. The maximum Gasteiger partial charge on any atom is 0.156 e. The minimum absolute atomic E-state index is 0.174. The van der Waals surface area contributed by atoms with Crippen LogP contribution >= 0.6 is 15.9 Å². The van der Waals surface area contributed by atoms with Crippen molar-refractivity contribution in [3.63, 3.8) is 0 Å². The van der Waals surface area contributed by atoms with Crippen LogP contribution in [-0.2, 0) is 0 Å². The van der Waals surface area contributed by atoms with Crippen LogP contribution < -0.4 is 10.5 Å². The number of ether oxygens (including phenoxy) is 1. The molecule has 1 aliphatic carbocycles. The molecular weight excluding hydrogens is 297 g/mol. The molecule has 0 saturated heterocycles. The van der Waals surface area contributed by atoms with Crippen LogP contribution in [0.1, 0.15) is 33.1 Å². The Morgan fingerprint density at radius 2 is 1.83 bits per heavy atom. The molecule has 0 bridgehead atoms. The predicted octanol–water partition coefficient (Wildman–Crippen LogP) is 4.37. The van der Waals surface area contributed by atoms with E-state index < -0.39 is 0 Å². The molecule has 2 rings (SSSR count). The first-order valence-corrected chi connectivity index (χ1v) is 7.16. The largest absolute Gasteiger partial charge is 0.487 e. The molecule has 4 heteroatoms.